The molecule has 0 fully saturated rings. The number of non-ortho nitro benzene ring substituents is 1. The summed E-state index contributed by atoms with van der Waals surface area (Å²) in [6, 6.07) is 3.39. The van der Waals surface area contributed by atoms with Crippen molar-refractivity contribution in [2.45, 2.75) is 6.92 Å². The van der Waals surface area contributed by atoms with Crippen LogP contribution in [0.1, 0.15) is 6.92 Å². The lowest BCUT2D eigenvalue weighted by Crippen LogP contribution is -1.88. The molecular formula is C9H11BrFNO5. The van der Waals surface area contributed by atoms with E-state index in [4.69, 9.17) is 0 Å². The number of benzene rings is 1. The number of halogens is 2. The Hall–Kier alpha value is -1.54. The second-order valence-electron chi connectivity index (χ2n) is 2.41. The summed E-state index contributed by atoms with van der Waals surface area (Å²) in [6.45, 7) is 2.66. The first-order chi connectivity index (χ1) is 7.52. The zero-order valence-electron chi connectivity index (χ0n) is 8.85. The van der Waals surface area contributed by atoms with Crippen LogP contribution < -0.4 is 0 Å². The van der Waals surface area contributed by atoms with Gasteiger partial charge in [0.1, 0.15) is 5.82 Å². The largest absolute Gasteiger partial charge is 0.468 e. The molecule has 0 atom stereocenters. The van der Waals surface area contributed by atoms with Crippen LogP contribution in [-0.4, -0.2) is 23.5 Å². The summed E-state index contributed by atoms with van der Waals surface area (Å²) in [7, 11) is 0. The number of carbonyl (C=O) groups excluding carboxylic acids is 1. The molecule has 0 aliphatic rings. The molecule has 6 nitrogen and oxygen atoms in total. The molecule has 0 heterocycles. The molecule has 2 N–H and O–H groups in total. The fourth-order valence-electron chi connectivity index (χ4n) is 0.667. The maximum atomic E-state index is 12.6. The zero-order valence-corrected chi connectivity index (χ0v) is 10.4. The average Bonchev–Trinajstić information content (AvgIpc) is 2.24. The summed E-state index contributed by atoms with van der Waals surface area (Å²) in [5.74, 6) is -0.626. The third-order valence-electron chi connectivity index (χ3n) is 1.35. The van der Waals surface area contributed by atoms with Crippen LogP contribution in [0.2, 0.25) is 0 Å². The van der Waals surface area contributed by atoms with Gasteiger partial charge in [-0.1, -0.05) is 0 Å². The smallest absolute Gasteiger partial charge is 0.293 e. The van der Waals surface area contributed by atoms with E-state index in [1.54, 1.807) is 6.92 Å². The molecule has 0 amide bonds. The van der Waals surface area contributed by atoms with Gasteiger partial charge in [-0.15, -0.1) is 0 Å². The fourth-order valence-corrected chi connectivity index (χ4v) is 0.913. The Morgan fingerprint density at radius 1 is 1.59 bits per heavy atom. The second-order valence-corrected chi connectivity index (χ2v) is 3.26. The number of rotatable bonds is 3. The van der Waals surface area contributed by atoms with Crippen molar-refractivity contribution in [1.29, 1.82) is 0 Å². The van der Waals surface area contributed by atoms with Crippen LogP contribution in [0.15, 0.2) is 22.7 Å². The summed E-state index contributed by atoms with van der Waals surface area (Å²) in [5.41, 5.74) is -0.245. The van der Waals surface area contributed by atoms with Gasteiger partial charge in [0.05, 0.1) is 22.1 Å². The van der Waals surface area contributed by atoms with Crippen LogP contribution in [0.4, 0.5) is 10.1 Å². The summed E-state index contributed by atoms with van der Waals surface area (Å²) in [5, 5.41) is 10.1. The van der Waals surface area contributed by atoms with Crippen LogP contribution in [0, 0.1) is 15.9 Å². The van der Waals surface area contributed by atoms with E-state index in [1.807, 2.05) is 0 Å². The molecule has 0 aliphatic carbocycles. The molecule has 17 heavy (non-hydrogen) atoms. The first-order valence-corrected chi connectivity index (χ1v) is 4.96. The number of hydrogen-bond donors (Lipinski definition) is 0. The van der Waals surface area contributed by atoms with Gasteiger partial charge in [0.15, 0.2) is 0 Å². The normalized spacial score (nSPS) is 8.18. The molecule has 8 heteroatoms. The Morgan fingerprint density at radius 3 is 2.47 bits per heavy atom. The van der Waals surface area contributed by atoms with Crippen LogP contribution >= 0.6 is 15.9 Å². The van der Waals surface area contributed by atoms with Crippen molar-refractivity contribution < 1.29 is 24.3 Å². The predicted octanol–water partition coefficient (Wildman–Crippen LogP) is 1.85. The summed E-state index contributed by atoms with van der Waals surface area (Å²) < 4.78 is 17.0. The molecule has 0 spiro atoms. The number of ether oxygens (including phenoxy) is 1. The SMILES string of the molecule is CCOC=O.O.O=[N+]([O-])c1ccc(Br)c(F)c1. The zero-order chi connectivity index (χ0) is 12.6. The number of nitrogens with zero attached hydrogens (tertiary/aromatic N) is 1. The highest BCUT2D eigenvalue weighted by Crippen LogP contribution is 2.20. The van der Waals surface area contributed by atoms with Crippen molar-refractivity contribution in [1.82, 2.24) is 0 Å². The van der Waals surface area contributed by atoms with Gasteiger partial charge >= 0.3 is 0 Å². The highest BCUT2D eigenvalue weighted by Gasteiger charge is 2.07. The Morgan fingerprint density at radius 2 is 2.18 bits per heavy atom. The molecule has 0 bridgehead atoms. The van der Waals surface area contributed by atoms with Crippen molar-refractivity contribution in [3.8, 4) is 0 Å². The number of carbonyl (C=O) groups is 1. The van der Waals surface area contributed by atoms with Gasteiger partial charge < -0.3 is 10.2 Å². The van der Waals surface area contributed by atoms with E-state index in [0.29, 0.717) is 13.1 Å². The minimum atomic E-state index is -0.643. The number of nitro groups is 1. The standard InChI is InChI=1S/C6H3BrFNO2.C3H6O2.H2O/c7-5-2-1-4(9(10)11)3-6(5)8;1-2-5-3-4;/h1-3H;3H,2H2,1H3;1H2. The molecule has 0 radical (unpaired) electrons. The van der Waals surface area contributed by atoms with Crippen LogP contribution in [0.3, 0.4) is 0 Å². The summed E-state index contributed by atoms with van der Waals surface area (Å²) in [6.07, 6.45) is 0. The van der Waals surface area contributed by atoms with Crippen molar-refractivity contribution in [2.24, 2.45) is 0 Å². The van der Waals surface area contributed by atoms with E-state index in [2.05, 4.69) is 20.7 Å². The minimum absolute atomic E-state index is 0. The van der Waals surface area contributed by atoms with Gasteiger partial charge in [0.25, 0.3) is 12.2 Å². The van der Waals surface area contributed by atoms with Gasteiger partial charge in [-0.05, 0) is 28.9 Å². The number of hydrogen-bond acceptors (Lipinski definition) is 4. The Labute approximate surface area is 105 Å². The highest BCUT2D eigenvalue weighted by molar-refractivity contribution is 9.10. The lowest BCUT2D eigenvalue weighted by Gasteiger charge is -1.92. The van der Waals surface area contributed by atoms with Crippen LogP contribution in [0.5, 0.6) is 0 Å². The van der Waals surface area contributed by atoms with E-state index >= 15 is 0 Å². The lowest BCUT2D eigenvalue weighted by atomic mass is 10.3. The van der Waals surface area contributed by atoms with Gasteiger partial charge in [-0.3, -0.25) is 14.9 Å². The topological polar surface area (TPSA) is 101 Å². The maximum Gasteiger partial charge on any atom is 0.293 e. The predicted molar refractivity (Wildman–Crippen MR) is 62.1 cm³/mol. The first-order valence-electron chi connectivity index (χ1n) is 4.17. The van der Waals surface area contributed by atoms with Gasteiger partial charge in [0.2, 0.25) is 0 Å². The minimum Gasteiger partial charge on any atom is -0.468 e. The molecular weight excluding hydrogens is 301 g/mol. The molecule has 96 valence electrons. The van der Waals surface area contributed by atoms with E-state index in [-0.39, 0.29) is 15.6 Å². The van der Waals surface area contributed by atoms with E-state index in [0.717, 1.165) is 6.07 Å². The molecule has 1 aromatic carbocycles. The molecule has 1 rings (SSSR count). The molecule has 0 unspecified atom stereocenters. The van der Waals surface area contributed by atoms with Gasteiger partial charge in [-0.2, -0.15) is 0 Å². The van der Waals surface area contributed by atoms with E-state index in [9.17, 15) is 19.3 Å². The highest BCUT2D eigenvalue weighted by atomic mass is 79.9. The van der Waals surface area contributed by atoms with Crippen LogP contribution in [-0.2, 0) is 9.53 Å². The fraction of sp³-hybridized carbons (Fsp3) is 0.222. The van der Waals surface area contributed by atoms with Crippen molar-refractivity contribution in [3.63, 3.8) is 0 Å². The average molecular weight is 312 g/mol. The van der Waals surface area contributed by atoms with E-state index < -0.39 is 10.7 Å². The quantitative estimate of drug-likeness (QED) is 0.483. The first kappa shape index (κ1) is 17.8. The molecule has 0 saturated carbocycles. The lowest BCUT2D eigenvalue weighted by molar-refractivity contribution is -0.385. The van der Waals surface area contributed by atoms with Crippen molar-refractivity contribution >= 4 is 28.1 Å². The third-order valence-corrected chi connectivity index (χ3v) is 1.99. The van der Waals surface area contributed by atoms with E-state index in [1.165, 1.54) is 12.1 Å². The summed E-state index contributed by atoms with van der Waals surface area (Å²) >= 11 is 2.88. The van der Waals surface area contributed by atoms with Gasteiger partial charge in [-0.25, -0.2) is 4.39 Å². The Bertz CT molecular complexity index is 374. The molecule has 0 saturated heterocycles. The third kappa shape index (κ3) is 7.36. The monoisotopic (exact) mass is 311 g/mol. The van der Waals surface area contributed by atoms with Crippen molar-refractivity contribution in [3.05, 3.63) is 38.6 Å². The molecule has 0 aliphatic heterocycles. The second kappa shape index (κ2) is 9.67. The molecule has 1 aromatic rings. The van der Waals surface area contributed by atoms with Crippen LogP contribution in [0.25, 0.3) is 0 Å². The van der Waals surface area contributed by atoms with Crippen molar-refractivity contribution in [2.75, 3.05) is 6.61 Å². The Kier molecular flexibility index (Phi) is 10.1. The number of nitro benzene ring substituents is 1. The maximum absolute atomic E-state index is 12.6. The Balaban J connectivity index is 0. The van der Waals surface area contributed by atoms with Gasteiger partial charge in [0, 0.05) is 6.07 Å². The summed E-state index contributed by atoms with van der Waals surface area (Å²) in [4.78, 5) is 18.6. The molecule has 0 aromatic heterocycles.